The lowest BCUT2D eigenvalue weighted by molar-refractivity contribution is 0.00655. The van der Waals surface area contributed by atoms with Crippen molar-refractivity contribution >= 4 is 35.0 Å². The molecule has 3 rings (SSSR count). The Hall–Kier alpha value is -2.07. The highest BCUT2D eigenvalue weighted by Crippen LogP contribution is 2.29. The van der Waals surface area contributed by atoms with Crippen LogP contribution in [0.2, 0.25) is 5.02 Å². The number of aromatic nitrogens is 2. The number of benzene rings is 1. The largest absolute Gasteiger partial charge is 0.496 e. The third kappa shape index (κ3) is 6.46. The third-order valence-electron chi connectivity index (χ3n) is 5.22. The molecule has 10 heteroatoms. The molecule has 3 N–H and O–H groups in total. The summed E-state index contributed by atoms with van der Waals surface area (Å²) < 4.78 is 11.0. The maximum absolute atomic E-state index is 12.9. The molecule has 0 unspecified atom stereocenters. The lowest BCUT2D eigenvalue weighted by atomic mass is 10.0. The van der Waals surface area contributed by atoms with E-state index in [9.17, 15) is 4.79 Å². The first-order valence-corrected chi connectivity index (χ1v) is 11.5. The van der Waals surface area contributed by atoms with Gasteiger partial charge in [-0.1, -0.05) is 23.4 Å². The monoisotopic (exact) mass is 465 g/mol. The molecule has 2 heterocycles. The number of ether oxygens (including phenoxy) is 2. The Morgan fingerprint density at radius 2 is 2.13 bits per heavy atom. The summed E-state index contributed by atoms with van der Waals surface area (Å²) in [6, 6.07) is 4.82. The number of halogens is 1. The summed E-state index contributed by atoms with van der Waals surface area (Å²) >= 11 is 7.76. The topological polar surface area (TPSA) is 103 Å². The molecule has 0 radical (unpaired) electrons. The minimum atomic E-state index is -0.251. The minimum Gasteiger partial charge on any atom is -0.496 e. The second-order valence-corrected chi connectivity index (χ2v) is 8.72. The lowest BCUT2D eigenvalue weighted by Gasteiger charge is -2.38. The highest BCUT2D eigenvalue weighted by Gasteiger charge is 2.31. The Morgan fingerprint density at radius 3 is 2.84 bits per heavy atom. The molecule has 2 atom stereocenters. The van der Waals surface area contributed by atoms with Crippen LogP contribution in [0.15, 0.2) is 35.7 Å². The predicted octanol–water partition coefficient (Wildman–Crippen LogP) is 2.72. The van der Waals surface area contributed by atoms with E-state index in [4.69, 9.17) is 26.8 Å². The van der Waals surface area contributed by atoms with E-state index in [0.29, 0.717) is 22.0 Å². The summed E-state index contributed by atoms with van der Waals surface area (Å²) in [5, 5.41) is 4.20. The van der Waals surface area contributed by atoms with Crippen molar-refractivity contribution in [1.29, 1.82) is 0 Å². The van der Waals surface area contributed by atoms with Crippen LogP contribution in [-0.4, -0.2) is 72.5 Å². The smallest absolute Gasteiger partial charge is 0.255 e. The van der Waals surface area contributed by atoms with E-state index >= 15 is 0 Å². The number of anilines is 1. The van der Waals surface area contributed by atoms with Crippen molar-refractivity contribution in [2.75, 3.05) is 45.3 Å². The highest BCUT2D eigenvalue weighted by atomic mass is 35.5. The summed E-state index contributed by atoms with van der Waals surface area (Å²) in [7, 11) is 3.18. The van der Waals surface area contributed by atoms with Gasteiger partial charge in [-0.3, -0.25) is 4.79 Å². The van der Waals surface area contributed by atoms with Crippen LogP contribution < -0.4 is 15.8 Å². The number of nitrogen functional groups attached to an aromatic ring is 1. The Bertz CT molecular complexity index is 874. The Labute approximate surface area is 191 Å². The van der Waals surface area contributed by atoms with E-state index < -0.39 is 0 Å². The highest BCUT2D eigenvalue weighted by molar-refractivity contribution is 7.99. The molecule has 1 aliphatic heterocycles. The zero-order valence-electron chi connectivity index (χ0n) is 17.7. The van der Waals surface area contributed by atoms with Gasteiger partial charge in [0.05, 0.1) is 35.5 Å². The van der Waals surface area contributed by atoms with Crippen molar-refractivity contribution in [1.82, 2.24) is 20.2 Å². The number of nitrogens with two attached hydrogens (primary N) is 1. The molecule has 0 spiro atoms. The number of carbonyl (C=O) groups is 1. The first-order chi connectivity index (χ1) is 15.0. The molecular weight excluding hydrogens is 438 g/mol. The van der Waals surface area contributed by atoms with Gasteiger partial charge in [-0.25, -0.2) is 9.97 Å². The molecule has 0 saturated carbocycles. The number of methoxy groups -OCH3 is 2. The quantitative estimate of drug-likeness (QED) is 0.252. The minimum absolute atomic E-state index is 0.0955. The van der Waals surface area contributed by atoms with Crippen LogP contribution in [0, 0.1) is 0 Å². The van der Waals surface area contributed by atoms with E-state index in [-0.39, 0.29) is 18.1 Å². The fourth-order valence-electron chi connectivity index (χ4n) is 3.56. The number of nitrogens with one attached hydrogen (secondary N) is 1. The predicted molar refractivity (Wildman–Crippen MR) is 123 cm³/mol. The van der Waals surface area contributed by atoms with E-state index in [2.05, 4.69) is 20.2 Å². The SMILES string of the molecule is COc1cc(N)c(Cl)cc1C(=O)N[C@H]1CCN(CCCSc2ncccn2)C[C@H]1OC. The molecule has 1 aliphatic rings. The van der Waals surface area contributed by atoms with Gasteiger partial charge < -0.3 is 25.4 Å². The molecule has 2 aromatic rings. The van der Waals surface area contributed by atoms with Gasteiger partial charge in [-0.05, 0) is 31.5 Å². The summed E-state index contributed by atoms with van der Waals surface area (Å²) in [6.45, 7) is 2.60. The summed E-state index contributed by atoms with van der Waals surface area (Å²) in [5.41, 5.74) is 6.54. The van der Waals surface area contributed by atoms with Gasteiger partial charge in [0.15, 0.2) is 5.16 Å². The number of thioether (sulfide) groups is 1. The second-order valence-electron chi connectivity index (χ2n) is 7.25. The first kappa shape index (κ1) is 23.6. The fraction of sp³-hybridized carbons (Fsp3) is 0.476. The van der Waals surface area contributed by atoms with Crippen molar-refractivity contribution in [2.24, 2.45) is 0 Å². The zero-order chi connectivity index (χ0) is 22.2. The average molecular weight is 466 g/mol. The van der Waals surface area contributed by atoms with Crippen molar-refractivity contribution in [3.05, 3.63) is 41.2 Å². The molecule has 0 bridgehead atoms. The Balaban J connectivity index is 1.50. The van der Waals surface area contributed by atoms with Gasteiger partial charge in [0.2, 0.25) is 0 Å². The van der Waals surface area contributed by atoms with E-state index in [1.807, 2.05) is 6.07 Å². The zero-order valence-corrected chi connectivity index (χ0v) is 19.3. The van der Waals surface area contributed by atoms with Gasteiger partial charge in [-0.2, -0.15) is 0 Å². The van der Waals surface area contributed by atoms with Crippen LogP contribution in [0.25, 0.3) is 0 Å². The first-order valence-electron chi connectivity index (χ1n) is 10.1. The molecule has 8 nitrogen and oxygen atoms in total. The molecule has 0 aliphatic carbocycles. The van der Waals surface area contributed by atoms with E-state index in [0.717, 1.165) is 43.4 Å². The van der Waals surface area contributed by atoms with Gasteiger partial charge >= 0.3 is 0 Å². The summed E-state index contributed by atoms with van der Waals surface area (Å²) in [6.07, 6.45) is 5.23. The van der Waals surface area contributed by atoms with Crippen molar-refractivity contribution in [2.45, 2.75) is 30.1 Å². The number of piperidine rings is 1. The molecule has 1 aromatic heterocycles. The van der Waals surface area contributed by atoms with Gasteiger partial charge in [0.25, 0.3) is 5.91 Å². The molecule has 1 aromatic carbocycles. The number of nitrogens with zero attached hydrogens (tertiary/aromatic N) is 3. The summed E-state index contributed by atoms with van der Waals surface area (Å²) in [4.78, 5) is 23.7. The Kier molecular flexibility index (Phi) is 8.77. The molecule has 168 valence electrons. The van der Waals surface area contributed by atoms with Gasteiger partial charge in [-0.15, -0.1) is 0 Å². The normalized spacial score (nSPS) is 19.2. The maximum atomic E-state index is 12.9. The summed E-state index contributed by atoms with van der Waals surface area (Å²) in [5.74, 6) is 1.10. The molecule has 31 heavy (non-hydrogen) atoms. The number of rotatable bonds is 9. The number of carbonyl (C=O) groups excluding carboxylic acids is 1. The van der Waals surface area contributed by atoms with E-state index in [1.165, 1.54) is 13.2 Å². The van der Waals surface area contributed by atoms with Crippen LogP contribution in [0.1, 0.15) is 23.2 Å². The Morgan fingerprint density at radius 1 is 1.35 bits per heavy atom. The lowest BCUT2D eigenvalue weighted by Crippen LogP contribution is -2.55. The number of likely N-dealkylation sites (tertiary alicyclic amines) is 1. The fourth-order valence-corrected chi connectivity index (χ4v) is 4.45. The van der Waals surface area contributed by atoms with Crippen molar-refractivity contribution < 1.29 is 14.3 Å². The second kappa shape index (κ2) is 11.5. The standard InChI is InChI=1S/C21H28ClN5O3S/c1-29-18-12-16(23)15(22)11-14(18)20(28)26-17-5-9-27(13-19(17)30-2)8-4-10-31-21-24-6-3-7-25-21/h3,6-7,11-12,17,19H,4-5,8-10,13,23H2,1-2H3,(H,26,28)/t17-,19+/m0/s1. The molecular formula is C21H28ClN5O3S. The van der Waals surface area contributed by atoms with Gasteiger partial charge in [0.1, 0.15) is 5.75 Å². The maximum Gasteiger partial charge on any atom is 0.255 e. The van der Waals surface area contributed by atoms with Crippen molar-refractivity contribution in [3.8, 4) is 5.75 Å². The number of amides is 1. The number of hydrogen-bond acceptors (Lipinski definition) is 8. The average Bonchev–Trinajstić information content (AvgIpc) is 2.79. The van der Waals surface area contributed by atoms with Crippen LogP contribution in [0.4, 0.5) is 5.69 Å². The molecule has 1 amide bonds. The molecule has 1 fully saturated rings. The van der Waals surface area contributed by atoms with Crippen molar-refractivity contribution in [3.63, 3.8) is 0 Å². The number of hydrogen-bond donors (Lipinski definition) is 2. The third-order valence-corrected chi connectivity index (χ3v) is 6.51. The van der Waals surface area contributed by atoms with Crippen LogP contribution in [0.5, 0.6) is 5.75 Å². The van der Waals surface area contributed by atoms with Crippen LogP contribution in [0.3, 0.4) is 0 Å². The molecule has 1 saturated heterocycles. The van der Waals surface area contributed by atoms with Crippen LogP contribution >= 0.6 is 23.4 Å². The van der Waals surface area contributed by atoms with Gasteiger partial charge in [0, 0.05) is 44.4 Å². The van der Waals surface area contributed by atoms with Crippen LogP contribution in [-0.2, 0) is 4.74 Å². The van der Waals surface area contributed by atoms with E-state index in [1.54, 1.807) is 37.3 Å².